The summed E-state index contributed by atoms with van der Waals surface area (Å²) in [5.41, 5.74) is 0. The molecule has 0 aliphatic carbocycles. The van der Waals surface area contributed by atoms with Crippen LogP contribution < -0.4 is 0 Å². The zero-order valence-electron chi connectivity index (χ0n) is 6.89. The van der Waals surface area contributed by atoms with Crippen LogP contribution in [0.25, 0.3) is 0 Å². The molecule has 0 spiro atoms. The molecule has 0 aromatic carbocycles. The van der Waals surface area contributed by atoms with E-state index < -0.39 is 0 Å². The minimum atomic E-state index is -0.0394. The van der Waals surface area contributed by atoms with Crippen LogP contribution in [-0.4, -0.2) is 29.7 Å². The van der Waals surface area contributed by atoms with Crippen LogP contribution in [-0.2, 0) is 4.79 Å². The second kappa shape index (κ2) is 3.96. The van der Waals surface area contributed by atoms with Crippen LogP contribution in [0.3, 0.4) is 0 Å². The van der Waals surface area contributed by atoms with Crippen molar-refractivity contribution in [3.63, 3.8) is 0 Å². The molecular formula is C7H14BrNO. The topological polar surface area (TPSA) is 20.3 Å². The Morgan fingerprint density at radius 2 is 1.80 bits per heavy atom. The minimum Gasteiger partial charge on any atom is -0.348 e. The fourth-order valence-corrected chi connectivity index (χ4v) is 0.941. The van der Waals surface area contributed by atoms with Gasteiger partial charge in [-0.2, -0.15) is 0 Å². The first-order valence-electron chi connectivity index (χ1n) is 3.32. The highest BCUT2D eigenvalue weighted by Crippen LogP contribution is 2.13. The van der Waals surface area contributed by atoms with Crippen molar-refractivity contribution in [1.82, 2.24) is 4.90 Å². The normalized spacial score (nSPS) is 13.4. The molecule has 0 bridgehead atoms. The number of amides is 1. The van der Waals surface area contributed by atoms with E-state index in [-0.39, 0.29) is 10.7 Å². The summed E-state index contributed by atoms with van der Waals surface area (Å²) >= 11 is 3.32. The molecular weight excluding hydrogens is 194 g/mol. The summed E-state index contributed by atoms with van der Waals surface area (Å²) in [6.07, 6.45) is 0. The molecule has 60 valence electrons. The Hall–Kier alpha value is -0.0500. The Morgan fingerprint density at radius 1 is 1.40 bits per heavy atom. The van der Waals surface area contributed by atoms with E-state index in [1.54, 1.807) is 19.0 Å². The van der Waals surface area contributed by atoms with Gasteiger partial charge in [0.25, 0.3) is 0 Å². The van der Waals surface area contributed by atoms with Gasteiger partial charge in [0, 0.05) is 14.1 Å². The third kappa shape index (κ3) is 2.69. The molecule has 0 heterocycles. The van der Waals surface area contributed by atoms with Crippen LogP contribution in [0.15, 0.2) is 0 Å². The van der Waals surface area contributed by atoms with Crippen molar-refractivity contribution in [2.75, 3.05) is 14.1 Å². The molecule has 0 unspecified atom stereocenters. The lowest BCUT2D eigenvalue weighted by molar-refractivity contribution is -0.128. The number of halogens is 1. The average molecular weight is 208 g/mol. The molecule has 0 saturated heterocycles. The maximum absolute atomic E-state index is 11.2. The molecule has 0 aromatic heterocycles. The molecule has 0 fully saturated rings. The van der Waals surface area contributed by atoms with Gasteiger partial charge in [0.2, 0.25) is 5.91 Å². The molecule has 0 N–H and O–H groups in total. The highest BCUT2D eigenvalue weighted by atomic mass is 79.9. The Bertz CT molecular complexity index is 123. The van der Waals surface area contributed by atoms with Crippen molar-refractivity contribution >= 4 is 21.8 Å². The summed E-state index contributed by atoms with van der Waals surface area (Å²) in [4.78, 5) is 12.7. The largest absolute Gasteiger partial charge is 0.348 e. The summed E-state index contributed by atoms with van der Waals surface area (Å²) in [5.74, 6) is 0.491. The van der Waals surface area contributed by atoms with E-state index in [1.165, 1.54) is 0 Å². The van der Waals surface area contributed by atoms with E-state index in [2.05, 4.69) is 15.9 Å². The summed E-state index contributed by atoms with van der Waals surface area (Å²) < 4.78 is 0. The first kappa shape index (κ1) is 9.95. The average Bonchev–Trinajstić information content (AvgIpc) is 1.84. The van der Waals surface area contributed by atoms with Crippen molar-refractivity contribution in [2.45, 2.75) is 18.7 Å². The van der Waals surface area contributed by atoms with Gasteiger partial charge >= 0.3 is 0 Å². The van der Waals surface area contributed by atoms with Gasteiger partial charge in [-0.3, -0.25) is 4.79 Å². The fourth-order valence-electron chi connectivity index (χ4n) is 0.532. The highest BCUT2D eigenvalue weighted by Gasteiger charge is 2.19. The molecule has 3 heteroatoms. The van der Waals surface area contributed by atoms with E-state index in [9.17, 15) is 4.79 Å². The van der Waals surface area contributed by atoms with Crippen LogP contribution >= 0.6 is 15.9 Å². The van der Waals surface area contributed by atoms with Crippen LogP contribution in [0.1, 0.15) is 13.8 Å². The van der Waals surface area contributed by atoms with Gasteiger partial charge in [-0.15, -0.1) is 0 Å². The van der Waals surface area contributed by atoms with E-state index in [0.29, 0.717) is 5.92 Å². The highest BCUT2D eigenvalue weighted by molar-refractivity contribution is 9.10. The van der Waals surface area contributed by atoms with Gasteiger partial charge in [0.05, 0.1) is 4.83 Å². The molecule has 0 saturated carbocycles. The second-order valence-corrected chi connectivity index (χ2v) is 3.86. The van der Waals surface area contributed by atoms with E-state index in [4.69, 9.17) is 0 Å². The lowest BCUT2D eigenvalue weighted by Gasteiger charge is -2.17. The van der Waals surface area contributed by atoms with Crippen molar-refractivity contribution in [2.24, 2.45) is 5.92 Å². The molecule has 1 atom stereocenters. The fraction of sp³-hybridized carbons (Fsp3) is 0.857. The molecule has 0 rings (SSSR count). The van der Waals surface area contributed by atoms with Gasteiger partial charge in [-0.25, -0.2) is 0 Å². The van der Waals surface area contributed by atoms with Crippen molar-refractivity contribution < 1.29 is 4.79 Å². The minimum absolute atomic E-state index is 0.0394. The molecule has 0 aliphatic heterocycles. The standard InChI is InChI=1S/C7H14BrNO/c1-5(2)6(8)7(10)9(3)4/h5-6H,1-4H3/t6-/m1/s1. The summed E-state index contributed by atoms with van der Waals surface area (Å²) in [5, 5.41) is 0. The summed E-state index contributed by atoms with van der Waals surface area (Å²) in [6, 6.07) is 0. The number of alkyl halides is 1. The van der Waals surface area contributed by atoms with Crippen LogP contribution in [0, 0.1) is 5.92 Å². The van der Waals surface area contributed by atoms with Gasteiger partial charge in [0.15, 0.2) is 0 Å². The predicted octanol–water partition coefficient (Wildman–Crippen LogP) is 1.49. The third-order valence-corrected chi connectivity index (χ3v) is 2.71. The zero-order chi connectivity index (χ0) is 8.31. The summed E-state index contributed by atoms with van der Waals surface area (Å²) in [7, 11) is 3.53. The lowest BCUT2D eigenvalue weighted by atomic mass is 10.1. The van der Waals surface area contributed by atoms with Crippen molar-refractivity contribution in [1.29, 1.82) is 0 Å². The van der Waals surface area contributed by atoms with Crippen LogP contribution in [0.4, 0.5) is 0 Å². The monoisotopic (exact) mass is 207 g/mol. The number of nitrogens with zero attached hydrogens (tertiary/aromatic N) is 1. The number of carbonyl (C=O) groups is 1. The smallest absolute Gasteiger partial charge is 0.236 e. The Morgan fingerprint density at radius 3 is 1.90 bits per heavy atom. The van der Waals surface area contributed by atoms with E-state index >= 15 is 0 Å². The van der Waals surface area contributed by atoms with Crippen molar-refractivity contribution in [3.05, 3.63) is 0 Å². The van der Waals surface area contributed by atoms with Gasteiger partial charge in [0.1, 0.15) is 0 Å². The molecule has 0 aromatic rings. The quantitative estimate of drug-likeness (QED) is 0.629. The van der Waals surface area contributed by atoms with Crippen LogP contribution in [0.2, 0.25) is 0 Å². The predicted molar refractivity (Wildman–Crippen MR) is 46.2 cm³/mol. The molecule has 10 heavy (non-hydrogen) atoms. The first-order valence-corrected chi connectivity index (χ1v) is 4.23. The van der Waals surface area contributed by atoms with Gasteiger partial charge < -0.3 is 4.90 Å². The van der Waals surface area contributed by atoms with Crippen molar-refractivity contribution in [3.8, 4) is 0 Å². The Balaban J connectivity index is 3.95. The third-order valence-electron chi connectivity index (χ3n) is 1.26. The molecule has 1 amide bonds. The second-order valence-electron chi connectivity index (χ2n) is 2.88. The molecule has 0 radical (unpaired) electrons. The Labute approximate surface area is 70.7 Å². The maximum Gasteiger partial charge on any atom is 0.236 e. The lowest BCUT2D eigenvalue weighted by Crippen LogP contribution is -2.32. The van der Waals surface area contributed by atoms with E-state index in [0.717, 1.165) is 0 Å². The Kier molecular flexibility index (Phi) is 3.94. The SMILES string of the molecule is CC(C)[C@@H](Br)C(=O)N(C)C. The number of hydrogen-bond donors (Lipinski definition) is 0. The number of hydrogen-bond acceptors (Lipinski definition) is 1. The number of carbonyl (C=O) groups excluding carboxylic acids is 1. The number of rotatable bonds is 2. The maximum atomic E-state index is 11.2. The summed E-state index contributed by atoms with van der Waals surface area (Å²) in [6.45, 7) is 4.03. The molecule has 2 nitrogen and oxygen atoms in total. The first-order chi connectivity index (χ1) is 4.46. The van der Waals surface area contributed by atoms with Crippen LogP contribution in [0.5, 0.6) is 0 Å². The van der Waals surface area contributed by atoms with E-state index in [1.807, 2.05) is 13.8 Å². The van der Waals surface area contributed by atoms with Gasteiger partial charge in [-0.05, 0) is 5.92 Å². The zero-order valence-corrected chi connectivity index (χ0v) is 8.47. The molecule has 0 aliphatic rings. The van der Waals surface area contributed by atoms with Gasteiger partial charge in [-0.1, -0.05) is 29.8 Å².